The highest BCUT2D eigenvalue weighted by molar-refractivity contribution is 7.09. The number of carbonyl (C=O) groups excluding carboxylic acids is 1. The van der Waals surface area contributed by atoms with E-state index in [-0.39, 0.29) is 0 Å². The Morgan fingerprint density at radius 3 is 3.00 bits per heavy atom. The van der Waals surface area contributed by atoms with E-state index in [0.29, 0.717) is 11.8 Å². The number of nitrogens with one attached hydrogen (secondary N) is 2. The van der Waals surface area contributed by atoms with Crippen LogP contribution in [-0.2, 0) is 11.3 Å². The molecule has 1 amide bonds. The highest BCUT2D eigenvalue weighted by Crippen LogP contribution is 2.20. The molecule has 156 valence electrons. The van der Waals surface area contributed by atoms with E-state index in [1.807, 2.05) is 16.2 Å². The van der Waals surface area contributed by atoms with Crippen LogP contribution < -0.4 is 10.6 Å². The van der Waals surface area contributed by atoms with Gasteiger partial charge in [0.05, 0.1) is 0 Å². The molecule has 28 heavy (non-hydrogen) atoms. The zero-order chi connectivity index (χ0) is 19.6. The SMILES string of the molecule is CCNC(=NCC1CCCN(Cc2cccs2)C1)NCCCN1CCCC1=O. The molecule has 6 nitrogen and oxygen atoms in total. The number of amides is 1. The third-order valence-corrected chi connectivity index (χ3v) is 6.34. The van der Waals surface area contributed by atoms with Crippen molar-refractivity contribution in [1.82, 2.24) is 20.4 Å². The first-order valence-corrected chi connectivity index (χ1v) is 11.7. The van der Waals surface area contributed by atoms with E-state index >= 15 is 0 Å². The molecule has 0 bridgehead atoms. The third-order valence-electron chi connectivity index (χ3n) is 5.48. The normalized spacial score (nSPS) is 21.3. The lowest BCUT2D eigenvalue weighted by Gasteiger charge is -2.31. The minimum absolute atomic E-state index is 0.310. The summed E-state index contributed by atoms with van der Waals surface area (Å²) in [5, 5.41) is 8.95. The molecule has 2 N–H and O–H groups in total. The lowest BCUT2D eigenvalue weighted by Crippen LogP contribution is -2.40. The van der Waals surface area contributed by atoms with E-state index < -0.39 is 0 Å². The summed E-state index contributed by atoms with van der Waals surface area (Å²) in [4.78, 5) is 22.5. The van der Waals surface area contributed by atoms with Crippen molar-refractivity contribution in [1.29, 1.82) is 0 Å². The smallest absolute Gasteiger partial charge is 0.222 e. The first-order valence-electron chi connectivity index (χ1n) is 10.8. The Morgan fingerprint density at radius 2 is 2.25 bits per heavy atom. The van der Waals surface area contributed by atoms with Crippen LogP contribution in [-0.4, -0.2) is 67.5 Å². The van der Waals surface area contributed by atoms with Crippen LogP contribution in [0.3, 0.4) is 0 Å². The number of aliphatic imine (C=N–C) groups is 1. The fraction of sp³-hybridized carbons (Fsp3) is 0.714. The maximum Gasteiger partial charge on any atom is 0.222 e. The lowest BCUT2D eigenvalue weighted by atomic mass is 9.98. The Labute approximate surface area is 173 Å². The van der Waals surface area contributed by atoms with E-state index in [4.69, 9.17) is 4.99 Å². The number of guanidine groups is 1. The van der Waals surface area contributed by atoms with Gasteiger partial charge in [0, 0.05) is 57.1 Å². The van der Waals surface area contributed by atoms with E-state index in [9.17, 15) is 4.79 Å². The van der Waals surface area contributed by atoms with Crippen molar-refractivity contribution in [2.75, 3.05) is 45.8 Å². The summed E-state index contributed by atoms with van der Waals surface area (Å²) in [5.74, 6) is 1.85. The second-order valence-corrected chi connectivity index (χ2v) is 8.84. The maximum atomic E-state index is 11.7. The average Bonchev–Trinajstić information content (AvgIpc) is 3.35. The van der Waals surface area contributed by atoms with Gasteiger partial charge in [0.2, 0.25) is 5.91 Å². The molecule has 0 saturated carbocycles. The number of likely N-dealkylation sites (tertiary alicyclic amines) is 2. The molecule has 7 heteroatoms. The van der Waals surface area contributed by atoms with Gasteiger partial charge in [-0.05, 0) is 56.5 Å². The van der Waals surface area contributed by atoms with Crippen molar-refractivity contribution >= 4 is 23.2 Å². The van der Waals surface area contributed by atoms with Crippen molar-refractivity contribution in [2.45, 2.75) is 45.6 Å². The monoisotopic (exact) mass is 405 g/mol. The number of nitrogens with zero attached hydrogens (tertiary/aromatic N) is 3. The zero-order valence-corrected chi connectivity index (χ0v) is 18.0. The molecular formula is C21H35N5OS. The van der Waals surface area contributed by atoms with Crippen LogP contribution in [0, 0.1) is 5.92 Å². The summed E-state index contributed by atoms with van der Waals surface area (Å²) in [6.07, 6.45) is 5.23. The Kier molecular flexibility index (Phi) is 8.61. The number of rotatable bonds is 9. The van der Waals surface area contributed by atoms with Crippen molar-refractivity contribution in [3.05, 3.63) is 22.4 Å². The van der Waals surface area contributed by atoms with Gasteiger partial charge in [-0.1, -0.05) is 6.07 Å². The predicted molar refractivity (Wildman–Crippen MR) is 117 cm³/mol. The van der Waals surface area contributed by atoms with Gasteiger partial charge in [0.25, 0.3) is 0 Å². The van der Waals surface area contributed by atoms with Crippen LogP contribution in [0.4, 0.5) is 0 Å². The van der Waals surface area contributed by atoms with Gasteiger partial charge in [-0.2, -0.15) is 0 Å². The van der Waals surface area contributed by atoms with Gasteiger partial charge < -0.3 is 15.5 Å². The van der Waals surface area contributed by atoms with Crippen LogP contribution in [0.25, 0.3) is 0 Å². The van der Waals surface area contributed by atoms with Crippen molar-refractivity contribution in [2.24, 2.45) is 10.9 Å². The van der Waals surface area contributed by atoms with E-state index in [2.05, 4.69) is 40.0 Å². The second kappa shape index (κ2) is 11.4. The second-order valence-electron chi connectivity index (χ2n) is 7.81. The van der Waals surface area contributed by atoms with E-state index in [1.54, 1.807) is 0 Å². The highest BCUT2D eigenvalue weighted by atomic mass is 32.1. The first-order chi connectivity index (χ1) is 13.7. The fourth-order valence-corrected chi connectivity index (χ4v) is 4.79. The van der Waals surface area contributed by atoms with Gasteiger partial charge in [0.15, 0.2) is 5.96 Å². The summed E-state index contributed by atoms with van der Waals surface area (Å²) in [6, 6.07) is 4.37. The molecule has 0 aliphatic carbocycles. The molecule has 1 aromatic rings. The topological polar surface area (TPSA) is 60.0 Å². The van der Waals surface area contributed by atoms with E-state index in [1.165, 1.54) is 24.3 Å². The highest BCUT2D eigenvalue weighted by Gasteiger charge is 2.21. The van der Waals surface area contributed by atoms with Crippen LogP contribution >= 0.6 is 11.3 Å². The van der Waals surface area contributed by atoms with Gasteiger partial charge in [0.1, 0.15) is 0 Å². The van der Waals surface area contributed by atoms with Gasteiger partial charge >= 0.3 is 0 Å². The lowest BCUT2D eigenvalue weighted by molar-refractivity contribution is -0.127. The quantitative estimate of drug-likeness (QED) is 0.377. The molecule has 1 unspecified atom stereocenters. The Morgan fingerprint density at radius 1 is 1.32 bits per heavy atom. The summed E-state index contributed by atoms with van der Waals surface area (Å²) in [7, 11) is 0. The summed E-state index contributed by atoms with van der Waals surface area (Å²) in [6.45, 7) is 9.89. The maximum absolute atomic E-state index is 11.7. The number of carbonyl (C=O) groups is 1. The number of hydrogen-bond acceptors (Lipinski definition) is 4. The molecule has 0 spiro atoms. The summed E-state index contributed by atoms with van der Waals surface area (Å²) < 4.78 is 0. The Bertz CT molecular complexity index is 618. The predicted octanol–water partition coefficient (Wildman–Crippen LogP) is 2.53. The van der Waals surface area contributed by atoms with Crippen LogP contribution in [0.1, 0.15) is 43.9 Å². The fourth-order valence-electron chi connectivity index (χ4n) is 4.05. The molecule has 3 heterocycles. The minimum atomic E-state index is 0.310. The van der Waals surface area contributed by atoms with Crippen molar-refractivity contribution < 1.29 is 4.79 Å². The molecule has 3 rings (SSSR count). The van der Waals surface area contributed by atoms with Crippen LogP contribution in [0.5, 0.6) is 0 Å². The van der Waals surface area contributed by atoms with Gasteiger partial charge in [-0.3, -0.25) is 14.7 Å². The molecular weight excluding hydrogens is 370 g/mol. The van der Waals surface area contributed by atoms with Crippen molar-refractivity contribution in [3.63, 3.8) is 0 Å². The standard InChI is InChI=1S/C21H35N5OS/c1-2-22-21(23-10-6-13-26-12-4-9-20(26)27)24-15-18-7-3-11-25(16-18)17-19-8-5-14-28-19/h5,8,14,18H,2-4,6-7,9-13,15-17H2,1H3,(H2,22,23,24). The number of piperidine rings is 1. The average molecular weight is 406 g/mol. The molecule has 2 aliphatic heterocycles. The van der Waals surface area contributed by atoms with Crippen molar-refractivity contribution in [3.8, 4) is 0 Å². The molecule has 0 radical (unpaired) electrons. The molecule has 0 aromatic carbocycles. The molecule has 2 fully saturated rings. The summed E-state index contributed by atoms with van der Waals surface area (Å²) in [5.41, 5.74) is 0. The first kappa shape index (κ1) is 21.1. The Hall–Kier alpha value is -1.60. The van der Waals surface area contributed by atoms with Crippen LogP contribution in [0.2, 0.25) is 0 Å². The third kappa shape index (κ3) is 6.78. The van der Waals surface area contributed by atoms with Gasteiger partial charge in [-0.15, -0.1) is 11.3 Å². The molecule has 1 aromatic heterocycles. The van der Waals surface area contributed by atoms with E-state index in [0.717, 1.165) is 71.0 Å². The number of hydrogen-bond donors (Lipinski definition) is 2. The Balaban J connectivity index is 1.39. The van der Waals surface area contributed by atoms with Crippen LogP contribution in [0.15, 0.2) is 22.5 Å². The zero-order valence-electron chi connectivity index (χ0n) is 17.2. The number of thiophene rings is 1. The minimum Gasteiger partial charge on any atom is -0.357 e. The summed E-state index contributed by atoms with van der Waals surface area (Å²) >= 11 is 1.85. The molecule has 1 atom stereocenters. The van der Waals surface area contributed by atoms with Gasteiger partial charge in [-0.25, -0.2) is 0 Å². The largest absolute Gasteiger partial charge is 0.357 e. The molecule has 2 saturated heterocycles. The molecule has 2 aliphatic rings.